The minimum absolute atomic E-state index is 0.289. The van der Waals surface area contributed by atoms with Crippen LogP contribution in [0, 0.1) is 11.8 Å². The molecule has 7 rings (SSSR count). The van der Waals surface area contributed by atoms with E-state index in [1.54, 1.807) is 0 Å². The van der Waals surface area contributed by atoms with Gasteiger partial charge in [-0.05, 0) is 62.8 Å². The lowest BCUT2D eigenvalue weighted by atomic mass is 9.74. The van der Waals surface area contributed by atoms with Crippen LogP contribution in [0.3, 0.4) is 0 Å². The molecule has 7 aliphatic rings. The van der Waals surface area contributed by atoms with E-state index in [0.717, 1.165) is 44.5 Å². The molecule has 10 nitrogen and oxygen atoms in total. The molecule has 0 aromatic carbocycles. The average molecular weight is 644 g/mol. The SMILES string of the molecule is O=C1C(=O)C(N2CCNCC2)(N2CCNCC2)C(=O)N1N1CCC(C2CCCCCC2)C1(C1CCCCCS1)N1CCCCC1. The van der Waals surface area contributed by atoms with Crippen molar-refractivity contribution < 1.29 is 14.4 Å². The summed E-state index contributed by atoms with van der Waals surface area (Å²) in [5.74, 6) is 0.737. The number of carbonyl (C=O) groups excluding carboxylic acids is 3. The summed E-state index contributed by atoms with van der Waals surface area (Å²) >= 11 is 2.11. The van der Waals surface area contributed by atoms with Gasteiger partial charge in [-0.15, -0.1) is 0 Å². The second-order valence-corrected chi connectivity index (χ2v) is 16.0. The highest BCUT2D eigenvalue weighted by Crippen LogP contribution is 2.54. The van der Waals surface area contributed by atoms with Crippen molar-refractivity contribution in [3.63, 3.8) is 0 Å². The first-order chi connectivity index (χ1) is 22.1. The minimum atomic E-state index is -1.54. The quantitative estimate of drug-likeness (QED) is 0.195. The van der Waals surface area contributed by atoms with Crippen LogP contribution >= 0.6 is 11.8 Å². The Morgan fingerprint density at radius 3 is 1.82 bits per heavy atom. The Labute approximate surface area is 274 Å². The van der Waals surface area contributed by atoms with Gasteiger partial charge in [0, 0.05) is 64.2 Å². The third-order valence-electron chi connectivity index (χ3n) is 12.4. The van der Waals surface area contributed by atoms with Crippen molar-refractivity contribution in [1.82, 2.24) is 35.4 Å². The number of piperazine rings is 2. The fourth-order valence-electron chi connectivity index (χ4n) is 10.4. The molecule has 3 unspecified atom stereocenters. The largest absolute Gasteiger partial charge is 0.315 e. The van der Waals surface area contributed by atoms with Crippen LogP contribution in [-0.4, -0.2) is 137 Å². The van der Waals surface area contributed by atoms with E-state index >= 15 is 4.79 Å². The maximum absolute atomic E-state index is 15.4. The number of hydrogen-bond donors (Lipinski definition) is 2. The smallest absolute Gasteiger partial charge is 0.314 e. The molecule has 1 saturated carbocycles. The van der Waals surface area contributed by atoms with Crippen LogP contribution in [0.1, 0.15) is 89.9 Å². The number of rotatable bonds is 6. The number of amides is 2. The Morgan fingerprint density at radius 1 is 0.600 bits per heavy atom. The van der Waals surface area contributed by atoms with Crippen LogP contribution in [0.4, 0.5) is 0 Å². The van der Waals surface area contributed by atoms with E-state index in [1.807, 2.05) is 0 Å². The van der Waals surface area contributed by atoms with Crippen molar-refractivity contribution in [3.05, 3.63) is 0 Å². The molecule has 0 radical (unpaired) electrons. The summed E-state index contributed by atoms with van der Waals surface area (Å²) in [5.41, 5.74) is -1.95. The maximum Gasteiger partial charge on any atom is 0.315 e. The maximum atomic E-state index is 15.4. The molecule has 2 N–H and O–H groups in total. The molecule has 1 aliphatic carbocycles. The van der Waals surface area contributed by atoms with Crippen molar-refractivity contribution >= 4 is 29.4 Å². The number of hydrazine groups is 1. The van der Waals surface area contributed by atoms with Gasteiger partial charge in [0.05, 0.1) is 0 Å². The molecule has 0 spiro atoms. The zero-order chi connectivity index (χ0) is 30.9. The van der Waals surface area contributed by atoms with Gasteiger partial charge in [0.1, 0.15) is 5.66 Å². The number of hydrogen-bond acceptors (Lipinski definition) is 10. The van der Waals surface area contributed by atoms with Crippen molar-refractivity contribution in [2.45, 2.75) is 106 Å². The fraction of sp³-hybridized carbons (Fsp3) is 0.912. The van der Waals surface area contributed by atoms with Gasteiger partial charge in [0.15, 0.2) is 0 Å². The van der Waals surface area contributed by atoms with E-state index in [9.17, 15) is 9.59 Å². The molecule has 6 heterocycles. The molecule has 6 saturated heterocycles. The van der Waals surface area contributed by atoms with Gasteiger partial charge in [-0.1, -0.05) is 57.8 Å². The summed E-state index contributed by atoms with van der Waals surface area (Å²) in [4.78, 5) is 51.6. The normalized spacial score (nSPS) is 36.0. The third-order valence-corrected chi connectivity index (χ3v) is 13.9. The first-order valence-corrected chi connectivity index (χ1v) is 19.6. The van der Waals surface area contributed by atoms with E-state index in [-0.39, 0.29) is 5.91 Å². The van der Waals surface area contributed by atoms with Crippen LogP contribution in [0.25, 0.3) is 0 Å². The Kier molecular flexibility index (Phi) is 10.2. The molecule has 0 aromatic heterocycles. The Morgan fingerprint density at radius 2 is 1.18 bits per heavy atom. The highest BCUT2D eigenvalue weighted by atomic mass is 32.2. The number of ketones is 1. The molecule has 45 heavy (non-hydrogen) atoms. The fourth-order valence-corrected chi connectivity index (χ4v) is 12.1. The lowest BCUT2D eigenvalue weighted by molar-refractivity contribution is -0.199. The van der Waals surface area contributed by atoms with Gasteiger partial charge in [0.25, 0.3) is 11.7 Å². The first-order valence-electron chi connectivity index (χ1n) is 18.6. The number of thioether (sulfide) groups is 1. The van der Waals surface area contributed by atoms with E-state index in [2.05, 4.69) is 42.1 Å². The number of imide groups is 1. The Hall–Kier alpha value is -1.08. The summed E-state index contributed by atoms with van der Waals surface area (Å²) in [7, 11) is 0. The van der Waals surface area contributed by atoms with Crippen LogP contribution in [0.15, 0.2) is 0 Å². The van der Waals surface area contributed by atoms with Crippen molar-refractivity contribution in [3.8, 4) is 0 Å². The summed E-state index contributed by atoms with van der Waals surface area (Å²) < 4.78 is 0. The lowest BCUT2D eigenvalue weighted by Gasteiger charge is -2.58. The molecule has 252 valence electrons. The summed E-state index contributed by atoms with van der Waals surface area (Å²) in [6.07, 6.45) is 17.1. The highest BCUT2D eigenvalue weighted by Gasteiger charge is 2.71. The van der Waals surface area contributed by atoms with Gasteiger partial charge in [0.2, 0.25) is 5.66 Å². The zero-order valence-electron chi connectivity index (χ0n) is 27.5. The zero-order valence-corrected chi connectivity index (χ0v) is 28.3. The van der Waals surface area contributed by atoms with Crippen molar-refractivity contribution in [2.24, 2.45) is 11.8 Å². The minimum Gasteiger partial charge on any atom is -0.314 e. The molecule has 6 aliphatic heterocycles. The number of piperidine rings is 1. The predicted octanol–water partition coefficient (Wildman–Crippen LogP) is 2.50. The van der Waals surface area contributed by atoms with Crippen LogP contribution in [-0.2, 0) is 14.4 Å². The molecule has 3 atom stereocenters. The average Bonchev–Trinajstić information content (AvgIpc) is 3.30. The third kappa shape index (κ3) is 5.54. The van der Waals surface area contributed by atoms with Gasteiger partial charge in [-0.2, -0.15) is 21.8 Å². The standard InChI is InChI=1S/C34H57N7O3S/c42-30-31(43)41(32(44)34(30,38-22-15-35-16-23-38)39-24-17-36-18-25-39)40-21-14-28(27-11-5-1-2-6-12-27)33(40,37-19-8-4-9-20-37)29-13-7-3-10-26-45-29/h27-29,35-36H,1-26H2. The predicted molar refractivity (Wildman–Crippen MR) is 177 cm³/mol. The Bertz CT molecular complexity index is 1040. The van der Waals surface area contributed by atoms with Gasteiger partial charge in [-0.25, -0.2) is 0 Å². The van der Waals surface area contributed by atoms with E-state index in [1.165, 1.54) is 69.2 Å². The summed E-state index contributed by atoms with van der Waals surface area (Å²) in [5, 5.41) is 10.9. The second-order valence-electron chi connectivity index (χ2n) is 14.7. The molecule has 2 amide bonds. The van der Waals surface area contributed by atoms with Crippen molar-refractivity contribution in [1.29, 1.82) is 0 Å². The van der Waals surface area contributed by atoms with Crippen LogP contribution in [0.2, 0.25) is 0 Å². The van der Waals surface area contributed by atoms with Crippen LogP contribution < -0.4 is 10.6 Å². The van der Waals surface area contributed by atoms with E-state index in [0.29, 0.717) is 76.0 Å². The van der Waals surface area contributed by atoms with Gasteiger partial charge >= 0.3 is 5.91 Å². The number of nitrogens with zero attached hydrogens (tertiary/aromatic N) is 5. The number of likely N-dealkylation sites (tertiary alicyclic amines) is 1. The second kappa shape index (κ2) is 14.2. The number of Topliss-reactive ketones (excluding diaryl/α,β-unsaturated/α-hetero) is 1. The monoisotopic (exact) mass is 643 g/mol. The molecule has 11 heteroatoms. The van der Waals surface area contributed by atoms with Crippen LogP contribution in [0.5, 0.6) is 0 Å². The Balaban J connectivity index is 1.35. The molecular weight excluding hydrogens is 586 g/mol. The lowest BCUT2D eigenvalue weighted by Crippen LogP contribution is -2.75. The molecular formula is C34H57N7O3S. The molecule has 0 bridgehead atoms. The van der Waals surface area contributed by atoms with Crippen molar-refractivity contribution in [2.75, 3.05) is 77.7 Å². The number of carbonyl (C=O) groups is 3. The van der Waals surface area contributed by atoms with E-state index < -0.39 is 23.0 Å². The molecule has 7 fully saturated rings. The topological polar surface area (TPSA) is 91.5 Å². The first kappa shape index (κ1) is 32.5. The van der Waals surface area contributed by atoms with Gasteiger partial charge < -0.3 is 10.6 Å². The number of nitrogens with one attached hydrogen (secondary N) is 2. The van der Waals surface area contributed by atoms with Gasteiger partial charge in [-0.3, -0.25) is 29.1 Å². The summed E-state index contributed by atoms with van der Waals surface area (Å²) in [6, 6.07) is 0. The van der Waals surface area contributed by atoms with E-state index in [4.69, 9.17) is 0 Å². The summed E-state index contributed by atoms with van der Waals surface area (Å²) in [6.45, 7) is 7.91. The highest BCUT2D eigenvalue weighted by molar-refractivity contribution is 8.00. The molecule has 0 aromatic rings.